The molecule has 1 aromatic rings. The van der Waals surface area contributed by atoms with E-state index in [4.69, 9.17) is 4.74 Å². The van der Waals surface area contributed by atoms with Crippen LogP contribution in [0.5, 0.6) is 0 Å². The Hall–Kier alpha value is -1.14. The summed E-state index contributed by atoms with van der Waals surface area (Å²) in [7, 11) is -11.2. The van der Waals surface area contributed by atoms with Crippen molar-refractivity contribution in [2.75, 3.05) is 6.61 Å². The summed E-state index contributed by atoms with van der Waals surface area (Å²) in [6, 6.07) is 0. The van der Waals surface area contributed by atoms with Crippen molar-refractivity contribution in [1.29, 1.82) is 0 Å². The molecule has 0 spiro atoms. The highest BCUT2D eigenvalue weighted by atomic mass is 31.2. The molecule has 2 heterocycles. The van der Waals surface area contributed by atoms with Gasteiger partial charge in [-0.1, -0.05) is 0 Å². The van der Waals surface area contributed by atoms with Gasteiger partial charge >= 0.3 is 20.9 Å². The number of aromatic nitrogens is 2. The summed E-state index contributed by atoms with van der Waals surface area (Å²) in [6.07, 6.45) is -3.36. The Morgan fingerprint density at radius 3 is 2.28 bits per heavy atom. The van der Waals surface area contributed by atoms with Gasteiger partial charge in [-0.3, -0.25) is 23.5 Å². The number of hydrogen-bond acceptors (Lipinski definition) is 7. The highest BCUT2D eigenvalue weighted by molar-refractivity contribution is 7.57. The monoisotopic (exact) mass is 402 g/mol. The molecule has 1 saturated heterocycles. The molecule has 4 atom stereocenters. The molecular formula is C10H16N2O11P2. The fraction of sp³-hybridized carbons (Fsp3) is 0.600. The van der Waals surface area contributed by atoms with E-state index in [2.05, 4.69) is 0 Å². The summed E-state index contributed by atoms with van der Waals surface area (Å²) in [5, 5.41) is 19.2. The number of rotatable bonds is 4. The van der Waals surface area contributed by atoms with E-state index in [1.165, 1.54) is 6.92 Å². The smallest absolute Gasteiger partial charge is 0.379 e. The lowest BCUT2D eigenvalue weighted by atomic mass is 10.2. The Kier molecular flexibility index (Phi) is 5.03. The zero-order valence-corrected chi connectivity index (χ0v) is 14.4. The Morgan fingerprint density at radius 2 is 1.84 bits per heavy atom. The second-order valence-corrected chi connectivity index (χ2v) is 8.97. The number of ether oxygens (including phenoxy) is 1. The van der Waals surface area contributed by atoms with Crippen molar-refractivity contribution >= 4 is 15.2 Å². The molecule has 1 fully saturated rings. The number of aryl methyl sites for hydroxylation is 1. The molecule has 25 heavy (non-hydrogen) atoms. The van der Waals surface area contributed by atoms with Crippen molar-refractivity contribution in [3.63, 3.8) is 0 Å². The number of aromatic amines is 1. The predicted molar refractivity (Wildman–Crippen MR) is 79.9 cm³/mol. The minimum Gasteiger partial charge on any atom is -0.394 e. The molecule has 0 amide bonds. The Balaban J connectivity index is 2.95. The molecule has 0 saturated carbocycles. The van der Waals surface area contributed by atoms with Crippen molar-refractivity contribution in [3.05, 3.63) is 32.6 Å². The van der Waals surface area contributed by atoms with Crippen LogP contribution in [0, 0.1) is 6.92 Å². The number of nitrogens with zero attached hydrogens (tertiary/aromatic N) is 1. The zero-order valence-electron chi connectivity index (χ0n) is 12.6. The van der Waals surface area contributed by atoms with Gasteiger partial charge in [0.05, 0.1) is 6.61 Å². The van der Waals surface area contributed by atoms with Gasteiger partial charge in [0.15, 0.2) is 0 Å². The average Bonchev–Trinajstić information content (AvgIpc) is 2.76. The molecule has 0 aliphatic carbocycles. The van der Waals surface area contributed by atoms with Gasteiger partial charge < -0.3 is 34.5 Å². The summed E-state index contributed by atoms with van der Waals surface area (Å²) >= 11 is 0. The highest BCUT2D eigenvalue weighted by Crippen LogP contribution is 2.68. The predicted octanol–water partition coefficient (Wildman–Crippen LogP) is -3.07. The van der Waals surface area contributed by atoms with Gasteiger partial charge in [-0.2, -0.15) is 0 Å². The molecule has 7 N–H and O–H groups in total. The second kappa shape index (κ2) is 6.23. The molecule has 0 radical (unpaired) electrons. The van der Waals surface area contributed by atoms with Gasteiger partial charge in [0.25, 0.3) is 11.0 Å². The van der Waals surface area contributed by atoms with Crippen LogP contribution in [0.4, 0.5) is 0 Å². The summed E-state index contributed by atoms with van der Waals surface area (Å²) in [5.74, 6) is 0. The lowest BCUT2D eigenvalue weighted by molar-refractivity contribution is -0.0811. The third-order valence-electron chi connectivity index (χ3n) is 3.84. The van der Waals surface area contributed by atoms with Crippen LogP contribution in [0.25, 0.3) is 0 Å². The van der Waals surface area contributed by atoms with E-state index in [9.17, 15) is 48.5 Å². The molecule has 15 heteroatoms. The Bertz CT molecular complexity index is 882. The molecule has 13 nitrogen and oxygen atoms in total. The molecule has 0 aromatic carbocycles. The van der Waals surface area contributed by atoms with E-state index >= 15 is 0 Å². The molecule has 142 valence electrons. The molecule has 1 unspecified atom stereocenters. The minimum absolute atomic E-state index is 0.132. The van der Waals surface area contributed by atoms with E-state index in [1.54, 1.807) is 4.98 Å². The third kappa shape index (κ3) is 3.08. The summed E-state index contributed by atoms with van der Waals surface area (Å²) in [4.78, 5) is 63.9. The van der Waals surface area contributed by atoms with Crippen LogP contribution in [-0.4, -0.2) is 63.8 Å². The minimum atomic E-state index is -5.71. The standard InChI is InChI=1S/C10H16N2O11P2/c1-4-2-12(9(16)11-8(4)15)10(25(20,21)22)7(24(17,18)19)6(14)5(3-13)23-10/h2,5-7,13-14H,3H2,1H3,(H,11,15,16)(H2,17,18,19)(H2,20,21,22)/t5-,6-,7?,10+/m1/s1. The van der Waals surface area contributed by atoms with Crippen molar-refractivity contribution < 1.29 is 43.7 Å². The van der Waals surface area contributed by atoms with Crippen LogP contribution in [0.15, 0.2) is 15.8 Å². The van der Waals surface area contributed by atoms with Crippen LogP contribution in [0.1, 0.15) is 5.56 Å². The van der Waals surface area contributed by atoms with E-state index in [1.807, 2.05) is 0 Å². The normalized spacial score (nSPS) is 30.6. The maximum Gasteiger partial charge on any atom is 0.379 e. The molecule has 2 rings (SSSR count). The summed E-state index contributed by atoms with van der Waals surface area (Å²) < 4.78 is 29.1. The average molecular weight is 402 g/mol. The first-order valence-corrected chi connectivity index (χ1v) is 9.97. The van der Waals surface area contributed by atoms with E-state index in [-0.39, 0.29) is 10.1 Å². The highest BCUT2D eigenvalue weighted by Gasteiger charge is 2.71. The van der Waals surface area contributed by atoms with Crippen LogP contribution in [-0.2, 0) is 19.3 Å². The van der Waals surface area contributed by atoms with Crippen LogP contribution in [0.3, 0.4) is 0 Å². The van der Waals surface area contributed by atoms with Crippen LogP contribution < -0.4 is 11.2 Å². The number of hydrogen-bond donors (Lipinski definition) is 7. The molecule has 0 bridgehead atoms. The molecule has 1 aliphatic heterocycles. The van der Waals surface area contributed by atoms with E-state index < -0.39 is 56.4 Å². The molecule has 1 aromatic heterocycles. The van der Waals surface area contributed by atoms with Crippen molar-refractivity contribution in [2.45, 2.75) is 30.3 Å². The van der Waals surface area contributed by atoms with Crippen LogP contribution in [0.2, 0.25) is 0 Å². The third-order valence-corrected chi connectivity index (χ3v) is 6.86. The van der Waals surface area contributed by atoms with Gasteiger partial charge in [-0.15, -0.1) is 0 Å². The van der Waals surface area contributed by atoms with Crippen molar-refractivity contribution in [2.24, 2.45) is 0 Å². The van der Waals surface area contributed by atoms with Gasteiger partial charge in [-0.25, -0.2) is 4.79 Å². The number of aliphatic hydroxyl groups is 2. The van der Waals surface area contributed by atoms with Crippen LogP contribution >= 0.6 is 15.2 Å². The second-order valence-electron chi connectivity index (χ2n) is 5.51. The van der Waals surface area contributed by atoms with Crippen molar-refractivity contribution in [3.8, 4) is 0 Å². The number of aliphatic hydroxyl groups excluding tert-OH is 2. The SMILES string of the molecule is Cc1cn([C@]2(P(=O)(O)O)O[C@H](CO)[C@@H](O)C2P(=O)(O)O)c(=O)[nH]c1=O. The van der Waals surface area contributed by atoms with Gasteiger partial charge in [0.2, 0.25) is 0 Å². The van der Waals surface area contributed by atoms with Gasteiger partial charge in [-0.05, 0) is 6.92 Å². The van der Waals surface area contributed by atoms with E-state index in [0.29, 0.717) is 6.20 Å². The maximum absolute atomic E-state index is 12.2. The first kappa shape index (κ1) is 20.2. The van der Waals surface area contributed by atoms with E-state index in [0.717, 1.165) is 0 Å². The lowest BCUT2D eigenvalue weighted by Gasteiger charge is -2.36. The largest absolute Gasteiger partial charge is 0.394 e. The first-order chi connectivity index (χ1) is 11.3. The number of H-pyrrole nitrogens is 1. The summed E-state index contributed by atoms with van der Waals surface area (Å²) in [5.41, 5.74) is -8.45. The quantitative estimate of drug-likeness (QED) is 0.250. The fourth-order valence-corrected chi connectivity index (χ4v) is 6.05. The zero-order chi connectivity index (χ0) is 19.4. The Morgan fingerprint density at radius 1 is 1.28 bits per heavy atom. The maximum atomic E-state index is 12.2. The first-order valence-electron chi connectivity index (χ1n) is 6.68. The van der Waals surface area contributed by atoms with Crippen molar-refractivity contribution in [1.82, 2.24) is 9.55 Å². The number of nitrogens with one attached hydrogen (secondary N) is 1. The molecular weight excluding hydrogens is 386 g/mol. The topological polar surface area (TPSA) is 220 Å². The Labute approximate surface area is 138 Å². The fourth-order valence-electron chi connectivity index (χ4n) is 2.74. The molecule has 1 aliphatic rings. The van der Waals surface area contributed by atoms with Gasteiger partial charge in [0.1, 0.15) is 17.9 Å². The lowest BCUT2D eigenvalue weighted by Crippen LogP contribution is -2.51. The van der Waals surface area contributed by atoms with Gasteiger partial charge in [0, 0.05) is 11.8 Å². The summed E-state index contributed by atoms with van der Waals surface area (Å²) in [6.45, 7) is 0.125.